The van der Waals surface area contributed by atoms with Crippen LogP contribution in [0.3, 0.4) is 0 Å². The summed E-state index contributed by atoms with van der Waals surface area (Å²) in [7, 11) is 0. The standard InChI is InChI=1S/C16H25NO2/c1-12-9-13(2)14(3)16(10-12)19-8-6-17-11-15-5-4-7-18-15/h9-10,15,17H,4-8,11H2,1-3H3/p+1/t15-/m0/s1. The SMILES string of the molecule is Cc1cc(C)c(C)c(OCC[NH2+]C[C@@H]2CCCO2)c1. The molecule has 1 aromatic carbocycles. The molecule has 0 unspecified atom stereocenters. The first-order valence-corrected chi connectivity index (χ1v) is 7.30. The molecule has 2 N–H and O–H groups in total. The number of rotatable bonds is 6. The first kappa shape index (κ1) is 14.4. The van der Waals surface area contributed by atoms with Crippen molar-refractivity contribution in [3.8, 4) is 5.75 Å². The molecule has 0 aliphatic carbocycles. The summed E-state index contributed by atoms with van der Waals surface area (Å²) in [5.74, 6) is 1.03. The smallest absolute Gasteiger partial charge is 0.137 e. The van der Waals surface area contributed by atoms with Crippen LogP contribution in [-0.2, 0) is 4.74 Å². The molecule has 1 aromatic rings. The third-order valence-corrected chi connectivity index (χ3v) is 3.80. The normalized spacial score (nSPS) is 18.8. The van der Waals surface area contributed by atoms with Gasteiger partial charge < -0.3 is 14.8 Å². The van der Waals surface area contributed by atoms with Crippen molar-refractivity contribution in [1.29, 1.82) is 0 Å². The fourth-order valence-electron chi connectivity index (χ4n) is 2.54. The lowest BCUT2D eigenvalue weighted by Crippen LogP contribution is -2.87. The molecule has 3 nitrogen and oxygen atoms in total. The highest BCUT2D eigenvalue weighted by molar-refractivity contribution is 5.41. The van der Waals surface area contributed by atoms with Crippen LogP contribution in [0, 0.1) is 20.8 Å². The van der Waals surface area contributed by atoms with Gasteiger partial charge in [-0.15, -0.1) is 0 Å². The lowest BCUT2D eigenvalue weighted by molar-refractivity contribution is -0.661. The van der Waals surface area contributed by atoms with E-state index < -0.39 is 0 Å². The Hall–Kier alpha value is -1.06. The van der Waals surface area contributed by atoms with E-state index in [4.69, 9.17) is 9.47 Å². The zero-order valence-corrected chi connectivity index (χ0v) is 12.4. The summed E-state index contributed by atoms with van der Waals surface area (Å²) in [5, 5.41) is 2.30. The zero-order chi connectivity index (χ0) is 13.7. The second-order valence-electron chi connectivity index (χ2n) is 5.50. The summed E-state index contributed by atoms with van der Waals surface area (Å²) >= 11 is 0. The minimum atomic E-state index is 0.461. The summed E-state index contributed by atoms with van der Waals surface area (Å²) in [6.45, 7) is 10.1. The molecule has 106 valence electrons. The van der Waals surface area contributed by atoms with E-state index in [0.29, 0.717) is 6.10 Å². The Kier molecular flexibility index (Phi) is 5.23. The molecule has 0 saturated carbocycles. The maximum absolute atomic E-state index is 5.89. The molecule has 0 bridgehead atoms. The van der Waals surface area contributed by atoms with Gasteiger partial charge in [0, 0.05) is 6.61 Å². The molecule has 1 atom stereocenters. The number of benzene rings is 1. The van der Waals surface area contributed by atoms with Crippen molar-refractivity contribution in [2.75, 3.05) is 26.3 Å². The van der Waals surface area contributed by atoms with Gasteiger partial charge in [0.1, 0.15) is 31.5 Å². The Bertz CT molecular complexity index is 411. The van der Waals surface area contributed by atoms with Gasteiger partial charge in [-0.3, -0.25) is 0 Å². The molecule has 0 amide bonds. The molecule has 1 aliphatic heterocycles. The van der Waals surface area contributed by atoms with E-state index >= 15 is 0 Å². The topological polar surface area (TPSA) is 35.1 Å². The number of nitrogens with two attached hydrogens (primary N) is 1. The average Bonchev–Trinajstić information content (AvgIpc) is 2.87. The highest BCUT2D eigenvalue weighted by Gasteiger charge is 2.16. The number of ether oxygens (including phenoxy) is 2. The van der Waals surface area contributed by atoms with E-state index in [1.54, 1.807) is 0 Å². The van der Waals surface area contributed by atoms with Crippen molar-refractivity contribution in [1.82, 2.24) is 0 Å². The van der Waals surface area contributed by atoms with Crippen molar-refractivity contribution in [2.45, 2.75) is 39.7 Å². The molecule has 1 fully saturated rings. The van der Waals surface area contributed by atoms with Crippen molar-refractivity contribution >= 4 is 0 Å². The average molecular weight is 264 g/mol. The van der Waals surface area contributed by atoms with Crippen LogP contribution >= 0.6 is 0 Å². The van der Waals surface area contributed by atoms with Crippen LogP contribution in [0.2, 0.25) is 0 Å². The van der Waals surface area contributed by atoms with Crippen LogP contribution in [0.25, 0.3) is 0 Å². The number of quaternary nitrogens is 1. The quantitative estimate of drug-likeness (QED) is 0.794. The molecule has 1 aliphatic rings. The highest BCUT2D eigenvalue weighted by Crippen LogP contribution is 2.22. The number of hydrogen-bond acceptors (Lipinski definition) is 2. The van der Waals surface area contributed by atoms with Gasteiger partial charge in [-0.25, -0.2) is 0 Å². The Morgan fingerprint density at radius 3 is 2.89 bits per heavy atom. The summed E-state index contributed by atoms with van der Waals surface area (Å²) in [6, 6.07) is 4.33. The zero-order valence-electron chi connectivity index (χ0n) is 12.4. The van der Waals surface area contributed by atoms with Gasteiger partial charge in [-0.05, 0) is 56.4 Å². The number of hydrogen-bond donors (Lipinski definition) is 1. The summed E-state index contributed by atoms with van der Waals surface area (Å²) < 4.78 is 11.5. The summed E-state index contributed by atoms with van der Waals surface area (Å²) in [4.78, 5) is 0. The Morgan fingerprint density at radius 1 is 1.32 bits per heavy atom. The van der Waals surface area contributed by atoms with Crippen LogP contribution in [0.4, 0.5) is 0 Å². The molecule has 0 aromatic heterocycles. The van der Waals surface area contributed by atoms with Crippen molar-refractivity contribution in [3.05, 3.63) is 28.8 Å². The molecular formula is C16H26NO2+. The molecule has 0 radical (unpaired) electrons. The summed E-state index contributed by atoms with van der Waals surface area (Å²) in [6.07, 6.45) is 2.90. The molecule has 1 saturated heterocycles. The predicted molar refractivity (Wildman–Crippen MR) is 76.8 cm³/mol. The monoisotopic (exact) mass is 264 g/mol. The largest absolute Gasteiger partial charge is 0.487 e. The fraction of sp³-hybridized carbons (Fsp3) is 0.625. The summed E-state index contributed by atoms with van der Waals surface area (Å²) in [5.41, 5.74) is 3.82. The molecule has 1 heterocycles. The first-order valence-electron chi connectivity index (χ1n) is 7.30. The maximum atomic E-state index is 5.89. The maximum Gasteiger partial charge on any atom is 0.137 e. The Labute approximate surface area is 116 Å². The van der Waals surface area contributed by atoms with Crippen molar-refractivity contribution in [2.24, 2.45) is 0 Å². The minimum Gasteiger partial charge on any atom is -0.487 e. The Balaban J connectivity index is 1.70. The lowest BCUT2D eigenvalue weighted by Gasteiger charge is -2.12. The fourth-order valence-corrected chi connectivity index (χ4v) is 2.54. The van der Waals surface area contributed by atoms with Crippen LogP contribution in [0.15, 0.2) is 12.1 Å². The van der Waals surface area contributed by atoms with Crippen LogP contribution < -0.4 is 10.1 Å². The van der Waals surface area contributed by atoms with Crippen molar-refractivity contribution < 1.29 is 14.8 Å². The Morgan fingerprint density at radius 2 is 2.16 bits per heavy atom. The minimum absolute atomic E-state index is 0.461. The highest BCUT2D eigenvalue weighted by atomic mass is 16.5. The molecule has 19 heavy (non-hydrogen) atoms. The van der Waals surface area contributed by atoms with E-state index in [1.165, 1.54) is 29.5 Å². The van der Waals surface area contributed by atoms with E-state index in [2.05, 4.69) is 38.2 Å². The van der Waals surface area contributed by atoms with E-state index in [1.807, 2.05) is 0 Å². The van der Waals surface area contributed by atoms with Gasteiger partial charge in [0.15, 0.2) is 0 Å². The van der Waals surface area contributed by atoms with Crippen LogP contribution in [-0.4, -0.2) is 32.4 Å². The molecular weight excluding hydrogens is 238 g/mol. The third-order valence-electron chi connectivity index (χ3n) is 3.80. The van der Waals surface area contributed by atoms with Gasteiger partial charge in [0.25, 0.3) is 0 Å². The molecule has 3 heteroatoms. The number of aryl methyl sites for hydroxylation is 2. The van der Waals surface area contributed by atoms with E-state index in [-0.39, 0.29) is 0 Å². The molecule has 2 rings (SSSR count). The van der Waals surface area contributed by atoms with Crippen molar-refractivity contribution in [3.63, 3.8) is 0 Å². The van der Waals surface area contributed by atoms with E-state index in [9.17, 15) is 0 Å². The van der Waals surface area contributed by atoms with Crippen LogP contribution in [0.1, 0.15) is 29.5 Å². The van der Waals surface area contributed by atoms with Gasteiger partial charge in [-0.2, -0.15) is 0 Å². The van der Waals surface area contributed by atoms with Gasteiger partial charge >= 0.3 is 0 Å². The van der Waals surface area contributed by atoms with Gasteiger partial charge in [0.2, 0.25) is 0 Å². The predicted octanol–water partition coefficient (Wildman–Crippen LogP) is 1.73. The first-order chi connectivity index (χ1) is 9.16. The third kappa shape index (κ3) is 4.22. The lowest BCUT2D eigenvalue weighted by atomic mass is 10.1. The second kappa shape index (κ2) is 6.92. The molecule has 0 spiro atoms. The van der Waals surface area contributed by atoms with E-state index in [0.717, 1.165) is 32.1 Å². The second-order valence-corrected chi connectivity index (χ2v) is 5.50. The van der Waals surface area contributed by atoms with Crippen LogP contribution in [0.5, 0.6) is 5.75 Å². The van der Waals surface area contributed by atoms with Gasteiger partial charge in [-0.1, -0.05) is 6.07 Å². The van der Waals surface area contributed by atoms with Gasteiger partial charge in [0.05, 0.1) is 0 Å².